The van der Waals surface area contributed by atoms with Crippen molar-refractivity contribution in [3.8, 4) is 23.0 Å². The van der Waals surface area contributed by atoms with Gasteiger partial charge in [-0.05, 0) is 49.6 Å². The highest BCUT2D eigenvalue weighted by Crippen LogP contribution is 2.37. The van der Waals surface area contributed by atoms with Gasteiger partial charge in [-0.1, -0.05) is 13.8 Å². The minimum absolute atomic E-state index is 0.0593. The first-order valence-corrected chi connectivity index (χ1v) is 12.3. The lowest BCUT2D eigenvalue weighted by molar-refractivity contribution is 0.251. The largest absolute Gasteiger partial charge is 0.493 e. The van der Waals surface area contributed by atoms with E-state index in [9.17, 15) is 9.18 Å². The van der Waals surface area contributed by atoms with Gasteiger partial charge in [-0.25, -0.2) is 9.18 Å². The van der Waals surface area contributed by atoms with Gasteiger partial charge in [0.25, 0.3) is 0 Å². The number of rotatable bonds is 14. The third-order valence-corrected chi connectivity index (χ3v) is 5.45. The van der Waals surface area contributed by atoms with E-state index in [0.717, 1.165) is 19.4 Å². The van der Waals surface area contributed by atoms with Crippen LogP contribution >= 0.6 is 0 Å². The normalized spacial score (nSPS) is 11.0. The van der Waals surface area contributed by atoms with Crippen LogP contribution in [0.2, 0.25) is 0 Å². The van der Waals surface area contributed by atoms with E-state index < -0.39 is 11.8 Å². The Balaban J connectivity index is 1.69. The molecule has 4 N–H and O–H groups in total. The first kappa shape index (κ1) is 27.9. The summed E-state index contributed by atoms with van der Waals surface area (Å²) < 4.78 is 32.0. The Hall–Kier alpha value is -3.63. The molecule has 0 aliphatic heterocycles. The summed E-state index contributed by atoms with van der Waals surface area (Å²) >= 11 is 0. The maximum absolute atomic E-state index is 14.7. The number of urea groups is 1. The number of fused-ring (bicyclic) bond motifs is 1. The quantitative estimate of drug-likeness (QED) is 0.231. The van der Waals surface area contributed by atoms with Gasteiger partial charge >= 0.3 is 6.03 Å². The summed E-state index contributed by atoms with van der Waals surface area (Å²) in [7, 11) is 1.55. The number of aromatic nitrogens is 1. The number of carbonyl (C=O) groups is 1. The number of aliphatic hydroxyl groups excluding tert-OH is 1. The number of nitrogens with zero attached hydrogens (tertiary/aromatic N) is 1. The van der Waals surface area contributed by atoms with Crippen LogP contribution in [0, 0.1) is 11.7 Å². The number of aliphatic hydroxyl groups is 1. The standard InChI is InChI=1S/C27H35FN4O5/c1-18(2)7-10-31-27(34)32-22-6-5-19(15-21(22)28)37-24-8-11-30-23-17-26(25(35-3)16-20(23)24)36-14-4-9-29-12-13-33/h5-6,8,11,15-18,29,33H,4,7,9-10,12-14H2,1-3H3,(H2,31,32,34). The Kier molecular flexibility index (Phi) is 10.7. The minimum atomic E-state index is -0.614. The van der Waals surface area contributed by atoms with Crippen molar-refractivity contribution in [2.75, 3.05) is 45.3 Å². The molecule has 1 heterocycles. The lowest BCUT2D eigenvalue weighted by Gasteiger charge is -2.14. The van der Waals surface area contributed by atoms with Crippen LogP contribution in [0.25, 0.3) is 10.9 Å². The fourth-order valence-corrected chi connectivity index (χ4v) is 3.50. The van der Waals surface area contributed by atoms with Gasteiger partial charge in [0.15, 0.2) is 11.5 Å². The Bertz CT molecular complexity index is 1170. The number of halogens is 1. The van der Waals surface area contributed by atoms with Gasteiger partial charge in [-0.2, -0.15) is 0 Å². The number of hydrogen-bond donors (Lipinski definition) is 4. The number of methoxy groups -OCH3 is 1. The van der Waals surface area contributed by atoms with Gasteiger partial charge in [0.2, 0.25) is 0 Å². The van der Waals surface area contributed by atoms with Crippen molar-refractivity contribution in [3.05, 3.63) is 48.4 Å². The third kappa shape index (κ3) is 8.47. The molecule has 1 aromatic heterocycles. The van der Waals surface area contributed by atoms with Crippen LogP contribution in [0.15, 0.2) is 42.6 Å². The van der Waals surface area contributed by atoms with Crippen molar-refractivity contribution in [3.63, 3.8) is 0 Å². The van der Waals surface area contributed by atoms with Crippen LogP contribution in [-0.2, 0) is 0 Å². The van der Waals surface area contributed by atoms with E-state index in [1.54, 1.807) is 37.6 Å². The lowest BCUT2D eigenvalue weighted by Crippen LogP contribution is -2.30. The zero-order valence-electron chi connectivity index (χ0n) is 21.5. The molecule has 0 saturated carbocycles. The molecule has 3 rings (SSSR count). The Morgan fingerprint density at radius 3 is 2.65 bits per heavy atom. The molecule has 2 amide bonds. The second kappa shape index (κ2) is 14.2. The topological polar surface area (TPSA) is 114 Å². The van der Waals surface area contributed by atoms with Crippen LogP contribution < -0.4 is 30.2 Å². The highest BCUT2D eigenvalue weighted by molar-refractivity contribution is 5.90. The van der Waals surface area contributed by atoms with Crippen LogP contribution in [0.5, 0.6) is 23.0 Å². The molecule has 10 heteroatoms. The van der Waals surface area contributed by atoms with E-state index >= 15 is 0 Å². The van der Waals surface area contributed by atoms with Crippen LogP contribution in [-0.4, -0.2) is 56.1 Å². The average Bonchev–Trinajstić information content (AvgIpc) is 2.87. The maximum Gasteiger partial charge on any atom is 0.319 e. The summed E-state index contributed by atoms with van der Waals surface area (Å²) in [5, 5.41) is 17.8. The molecule has 200 valence electrons. The zero-order chi connectivity index (χ0) is 26.6. The fraction of sp³-hybridized carbons (Fsp3) is 0.407. The Morgan fingerprint density at radius 2 is 1.92 bits per heavy atom. The summed E-state index contributed by atoms with van der Waals surface area (Å²) in [5.74, 6) is 1.65. The van der Waals surface area contributed by atoms with E-state index in [1.807, 2.05) is 0 Å². The number of nitrogens with one attached hydrogen (secondary N) is 3. The predicted octanol–water partition coefficient (Wildman–Crippen LogP) is 4.69. The SMILES string of the molecule is COc1cc2c(Oc3ccc(NC(=O)NCCC(C)C)c(F)c3)ccnc2cc1OCCCNCCO. The van der Waals surface area contributed by atoms with E-state index in [1.165, 1.54) is 12.1 Å². The highest BCUT2D eigenvalue weighted by atomic mass is 19.1. The summed E-state index contributed by atoms with van der Waals surface area (Å²) in [6.07, 6.45) is 3.19. The van der Waals surface area contributed by atoms with Crippen molar-refractivity contribution < 1.29 is 28.5 Å². The number of hydrogen-bond acceptors (Lipinski definition) is 7. The summed E-state index contributed by atoms with van der Waals surface area (Å²) in [6, 6.07) is 9.02. The van der Waals surface area contributed by atoms with E-state index in [0.29, 0.717) is 53.8 Å². The summed E-state index contributed by atoms with van der Waals surface area (Å²) in [6.45, 7) is 6.47. The van der Waals surface area contributed by atoms with Crippen molar-refractivity contribution in [2.24, 2.45) is 5.92 Å². The average molecular weight is 515 g/mol. The van der Waals surface area contributed by atoms with E-state index in [-0.39, 0.29) is 18.0 Å². The molecule has 0 aliphatic carbocycles. The second-order valence-corrected chi connectivity index (χ2v) is 8.81. The molecule has 0 aliphatic rings. The molecule has 0 unspecified atom stereocenters. The van der Waals surface area contributed by atoms with Crippen LogP contribution in [0.4, 0.5) is 14.9 Å². The molecule has 0 atom stereocenters. The van der Waals surface area contributed by atoms with Gasteiger partial charge in [0, 0.05) is 36.8 Å². The van der Waals surface area contributed by atoms with E-state index in [2.05, 4.69) is 34.8 Å². The Morgan fingerprint density at radius 1 is 1.08 bits per heavy atom. The minimum Gasteiger partial charge on any atom is -0.493 e. The predicted molar refractivity (Wildman–Crippen MR) is 141 cm³/mol. The van der Waals surface area contributed by atoms with Gasteiger partial charge in [0.05, 0.1) is 31.5 Å². The first-order chi connectivity index (χ1) is 17.9. The molecule has 37 heavy (non-hydrogen) atoms. The molecule has 0 fully saturated rings. The number of benzene rings is 2. The van der Waals surface area contributed by atoms with E-state index in [4.69, 9.17) is 19.3 Å². The smallest absolute Gasteiger partial charge is 0.319 e. The number of amides is 2. The van der Waals surface area contributed by atoms with Gasteiger partial charge in [-0.15, -0.1) is 0 Å². The van der Waals surface area contributed by atoms with Crippen molar-refractivity contribution >= 4 is 22.6 Å². The molecular formula is C27H35FN4O5. The summed E-state index contributed by atoms with van der Waals surface area (Å²) in [5.41, 5.74) is 0.688. The van der Waals surface area contributed by atoms with Gasteiger partial charge in [0.1, 0.15) is 17.3 Å². The highest BCUT2D eigenvalue weighted by Gasteiger charge is 2.14. The first-order valence-electron chi connectivity index (χ1n) is 12.3. The number of anilines is 1. The molecule has 0 spiro atoms. The van der Waals surface area contributed by atoms with Gasteiger partial charge in [-0.3, -0.25) is 4.98 Å². The van der Waals surface area contributed by atoms with Crippen molar-refractivity contribution in [1.82, 2.24) is 15.6 Å². The van der Waals surface area contributed by atoms with Crippen molar-refractivity contribution in [2.45, 2.75) is 26.7 Å². The van der Waals surface area contributed by atoms with Crippen LogP contribution in [0.3, 0.4) is 0 Å². The number of pyridine rings is 1. The van der Waals surface area contributed by atoms with Crippen molar-refractivity contribution in [1.29, 1.82) is 0 Å². The molecule has 0 radical (unpaired) electrons. The lowest BCUT2D eigenvalue weighted by atomic mass is 10.1. The molecule has 0 saturated heterocycles. The number of carbonyl (C=O) groups excluding carboxylic acids is 1. The molecule has 3 aromatic rings. The molecule has 2 aromatic carbocycles. The monoisotopic (exact) mass is 514 g/mol. The second-order valence-electron chi connectivity index (χ2n) is 8.81. The fourth-order valence-electron chi connectivity index (χ4n) is 3.50. The maximum atomic E-state index is 14.7. The summed E-state index contributed by atoms with van der Waals surface area (Å²) in [4.78, 5) is 16.4. The number of ether oxygens (including phenoxy) is 3. The van der Waals surface area contributed by atoms with Gasteiger partial charge < -0.3 is 35.3 Å². The molecule has 9 nitrogen and oxygen atoms in total. The third-order valence-electron chi connectivity index (χ3n) is 5.45. The molecular weight excluding hydrogens is 479 g/mol. The Labute approximate surface area is 216 Å². The zero-order valence-corrected chi connectivity index (χ0v) is 21.5. The molecule has 0 bridgehead atoms. The van der Waals surface area contributed by atoms with Crippen LogP contribution in [0.1, 0.15) is 26.7 Å².